The molecule has 1 heterocycles. The van der Waals surface area contributed by atoms with Crippen LogP contribution in [-0.2, 0) is 4.79 Å². The third-order valence-corrected chi connectivity index (χ3v) is 3.22. The zero-order valence-corrected chi connectivity index (χ0v) is 11.5. The minimum atomic E-state index is -0.544. The number of amides is 2. The van der Waals surface area contributed by atoms with Crippen molar-refractivity contribution in [1.82, 2.24) is 10.2 Å². The van der Waals surface area contributed by atoms with E-state index in [-0.39, 0.29) is 18.6 Å². The summed E-state index contributed by atoms with van der Waals surface area (Å²) in [6.07, 6.45) is 0. The van der Waals surface area contributed by atoms with Crippen molar-refractivity contribution in [2.75, 3.05) is 26.2 Å². The lowest BCUT2D eigenvalue weighted by Crippen LogP contribution is -2.52. The monoisotopic (exact) mass is 277 g/mol. The number of benzene rings is 1. The lowest BCUT2D eigenvalue weighted by molar-refractivity contribution is -0.119. The minimum absolute atomic E-state index is 0.0245. The number of nitrogens with one attached hydrogen (secondary N) is 1. The Kier molecular flexibility index (Phi) is 4.57. The number of piperazine rings is 1. The maximum atomic E-state index is 12.5. The average molecular weight is 277 g/mol. The second kappa shape index (κ2) is 6.38. The van der Waals surface area contributed by atoms with E-state index in [1.54, 1.807) is 24.3 Å². The Bertz CT molecular complexity index is 504. The summed E-state index contributed by atoms with van der Waals surface area (Å²) in [4.78, 5) is 25.0. The summed E-state index contributed by atoms with van der Waals surface area (Å²) in [6, 6.07) is 6.97. The predicted octanol–water partition coefficient (Wildman–Crippen LogP) is -0.0154. The lowest BCUT2D eigenvalue weighted by Gasteiger charge is -2.34. The van der Waals surface area contributed by atoms with Gasteiger partial charge in [0.05, 0.1) is 0 Å². The maximum Gasteiger partial charge on any atom is 0.255 e. The predicted molar refractivity (Wildman–Crippen MR) is 74.5 cm³/mol. The summed E-state index contributed by atoms with van der Waals surface area (Å²) in [5.74, 6) is -0.0987. The van der Waals surface area contributed by atoms with Crippen molar-refractivity contribution >= 4 is 11.8 Å². The highest BCUT2D eigenvalue weighted by Gasteiger charge is 2.24. The second-order valence-electron chi connectivity index (χ2n) is 4.83. The maximum absolute atomic E-state index is 12.5. The van der Waals surface area contributed by atoms with Gasteiger partial charge in [-0.3, -0.25) is 9.59 Å². The summed E-state index contributed by atoms with van der Waals surface area (Å²) >= 11 is 0. The van der Waals surface area contributed by atoms with Crippen LogP contribution < -0.4 is 15.8 Å². The Morgan fingerprint density at radius 3 is 3.00 bits per heavy atom. The molecule has 3 N–H and O–H groups in total. The highest BCUT2D eigenvalue weighted by atomic mass is 16.5. The highest BCUT2D eigenvalue weighted by molar-refractivity contribution is 5.95. The van der Waals surface area contributed by atoms with Crippen molar-refractivity contribution in [1.29, 1.82) is 0 Å². The largest absolute Gasteiger partial charge is 0.484 e. The molecule has 0 aliphatic carbocycles. The van der Waals surface area contributed by atoms with Crippen LogP contribution in [0.15, 0.2) is 24.3 Å². The third-order valence-electron chi connectivity index (χ3n) is 3.22. The van der Waals surface area contributed by atoms with Crippen LogP contribution in [0.4, 0.5) is 0 Å². The van der Waals surface area contributed by atoms with Gasteiger partial charge < -0.3 is 20.7 Å². The van der Waals surface area contributed by atoms with Crippen molar-refractivity contribution in [2.45, 2.75) is 13.0 Å². The van der Waals surface area contributed by atoms with Gasteiger partial charge in [-0.25, -0.2) is 0 Å². The molecule has 0 spiro atoms. The Hall–Kier alpha value is -2.08. The molecular weight excluding hydrogens is 258 g/mol. The number of nitrogens with two attached hydrogens (primary N) is 1. The van der Waals surface area contributed by atoms with E-state index >= 15 is 0 Å². The number of rotatable bonds is 4. The Morgan fingerprint density at radius 1 is 1.50 bits per heavy atom. The van der Waals surface area contributed by atoms with E-state index in [1.165, 1.54) is 0 Å². The van der Waals surface area contributed by atoms with Gasteiger partial charge in [-0.1, -0.05) is 6.07 Å². The molecule has 1 fully saturated rings. The molecule has 2 amide bonds. The van der Waals surface area contributed by atoms with E-state index in [0.29, 0.717) is 17.9 Å². The molecule has 6 nitrogen and oxygen atoms in total. The van der Waals surface area contributed by atoms with E-state index in [1.807, 2.05) is 11.8 Å². The Balaban J connectivity index is 2.09. The fourth-order valence-electron chi connectivity index (χ4n) is 2.18. The molecule has 0 radical (unpaired) electrons. The van der Waals surface area contributed by atoms with Gasteiger partial charge in [0.2, 0.25) is 0 Å². The van der Waals surface area contributed by atoms with Crippen LogP contribution in [0.1, 0.15) is 17.3 Å². The average Bonchev–Trinajstić information content (AvgIpc) is 2.45. The molecule has 1 aromatic carbocycles. The van der Waals surface area contributed by atoms with Crippen LogP contribution in [0.3, 0.4) is 0 Å². The molecule has 1 aliphatic heterocycles. The smallest absolute Gasteiger partial charge is 0.255 e. The van der Waals surface area contributed by atoms with Crippen LogP contribution in [0.2, 0.25) is 0 Å². The first-order chi connectivity index (χ1) is 9.58. The van der Waals surface area contributed by atoms with E-state index in [2.05, 4.69) is 5.32 Å². The fraction of sp³-hybridized carbons (Fsp3) is 0.429. The van der Waals surface area contributed by atoms with E-state index < -0.39 is 5.91 Å². The van der Waals surface area contributed by atoms with Crippen LogP contribution in [0.5, 0.6) is 5.75 Å². The number of primary amides is 1. The number of nitrogens with zero attached hydrogens (tertiary/aromatic N) is 1. The van der Waals surface area contributed by atoms with Gasteiger partial charge in [-0.05, 0) is 25.1 Å². The number of carbonyl (C=O) groups excluding carboxylic acids is 2. The van der Waals surface area contributed by atoms with Crippen LogP contribution in [-0.4, -0.2) is 49.0 Å². The molecule has 20 heavy (non-hydrogen) atoms. The van der Waals surface area contributed by atoms with Crippen molar-refractivity contribution in [3.63, 3.8) is 0 Å². The number of carbonyl (C=O) groups is 2. The summed E-state index contributed by atoms with van der Waals surface area (Å²) < 4.78 is 5.21. The number of ether oxygens (including phenoxy) is 1. The number of hydrogen-bond acceptors (Lipinski definition) is 4. The summed E-state index contributed by atoms with van der Waals surface area (Å²) in [5.41, 5.74) is 5.58. The molecule has 1 aromatic rings. The summed E-state index contributed by atoms with van der Waals surface area (Å²) in [6.45, 7) is 4.10. The quantitative estimate of drug-likeness (QED) is 0.810. The van der Waals surface area contributed by atoms with Gasteiger partial charge in [-0.2, -0.15) is 0 Å². The summed E-state index contributed by atoms with van der Waals surface area (Å²) in [7, 11) is 0. The second-order valence-corrected chi connectivity index (χ2v) is 4.83. The fourth-order valence-corrected chi connectivity index (χ4v) is 2.18. The standard InChI is InChI=1S/C14H19N3O3/c1-10-8-16-5-6-17(10)14(19)11-3-2-4-12(7-11)20-9-13(15)18/h2-4,7,10,16H,5-6,8-9H2,1H3,(H2,15,18)/t10-/m0/s1. The molecule has 2 rings (SSSR count). The Morgan fingerprint density at radius 2 is 2.30 bits per heavy atom. The van der Waals surface area contributed by atoms with Gasteiger partial charge in [0.15, 0.2) is 6.61 Å². The van der Waals surface area contributed by atoms with Gasteiger partial charge in [0, 0.05) is 31.2 Å². The minimum Gasteiger partial charge on any atom is -0.484 e. The molecule has 1 saturated heterocycles. The summed E-state index contributed by atoms with van der Waals surface area (Å²) in [5, 5.41) is 3.25. The van der Waals surface area contributed by atoms with Gasteiger partial charge in [0.25, 0.3) is 11.8 Å². The molecule has 0 saturated carbocycles. The molecular formula is C14H19N3O3. The molecule has 0 aromatic heterocycles. The number of hydrogen-bond donors (Lipinski definition) is 2. The van der Waals surface area contributed by atoms with Gasteiger partial charge in [0.1, 0.15) is 5.75 Å². The normalized spacial score (nSPS) is 18.6. The van der Waals surface area contributed by atoms with Crippen molar-refractivity contribution in [3.05, 3.63) is 29.8 Å². The van der Waals surface area contributed by atoms with Gasteiger partial charge in [-0.15, -0.1) is 0 Å². The van der Waals surface area contributed by atoms with Crippen molar-refractivity contribution in [2.24, 2.45) is 5.73 Å². The molecule has 1 aliphatic rings. The zero-order chi connectivity index (χ0) is 14.5. The highest BCUT2D eigenvalue weighted by Crippen LogP contribution is 2.16. The SMILES string of the molecule is C[C@H]1CNCCN1C(=O)c1cccc(OCC(N)=O)c1. The third kappa shape index (κ3) is 3.48. The van der Waals surface area contributed by atoms with Gasteiger partial charge >= 0.3 is 0 Å². The lowest BCUT2D eigenvalue weighted by atomic mass is 10.1. The molecule has 0 unspecified atom stereocenters. The molecule has 1 atom stereocenters. The van der Waals surface area contributed by atoms with Crippen molar-refractivity contribution in [3.8, 4) is 5.75 Å². The van der Waals surface area contributed by atoms with E-state index in [0.717, 1.165) is 13.1 Å². The van der Waals surface area contributed by atoms with Crippen molar-refractivity contribution < 1.29 is 14.3 Å². The van der Waals surface area contributed by atoms with E-state index in [4.69, 9.17) is 10.5 Å². The first-order valence-corrected chi connectivity index (χ1v) is 6.61. The topological polar surface area (TPSA) is 84.7 Å². The molecule has 108 valence electrons. The first kappa shape index (κ1) is 14.3. The first-order valence-electron chi connectivity index (χ1n) is 6.61. The zero-order valence-electron chi connectivity index (χ0n) is 11.5. The Labute approximate surface area is 117 Å². The van der Waals surface area contributed by atoms with Crippen LogP contribution in [0.25, 0.3) is 0 Å². The molecule has 6 heteroatoms. The molecule has 0 bridgehead atoms. The van der Waals surface area contributed by atoms with E-state index in [9.17, 15) is 9.59 Å². The van der Waals surface area contributed by atoms with Crippen LogP contribution >= 0.6 is 0 Å². The van der Waals surface area contributed by atoms with Crippen LogP contribution in [0, 0.1) is 0 Å².